The van der Waals surface area contributed by atoms with Gasteiger partial charge in [0.1, 0.15) is 0 Å². The maximum Gasteiger partial charge on any atom is 0.244 e. The van der Waals surface area contributed by atoms with Crippen molar-refractivity contribution in [1.82, 2.24) is 10.2 Å². The van der Waals surface area contributed by atoms with E-state index in [9.17, 15) is 4.79 Å². The van der Waals surface area contributed by atoms with Gasteiger partial charge in [0.15, 0.2) is 0 Å². The van der Waals surface area contributed by atoms with Crippen LogP contribution in [-0.2, 0) is 11.3 Å². The molecule has 0 spiro atoms. The summed E-state index contributed by atoms with van der Waals surface area (Å²) in [5, 5.41) is 3.07. The molecule has 0 aromatic heterocycles. The highest BCUT2D eigenvalue weighted by molar-refractivity contribution is 5.88. The van der Waals surface area contributed by atoms with Gasteiger partial charge in [0, 0.05) is 31.8 Å². The predicted molar refractivity (Wildman–Crippen MR) is 77.7 cm³/mol. The number of hydrogen-bond donors (Lipinski definition) is 1. The van der Waals surface area contributed by atoms with Gasteiger partial charge in [0.05, 0.1) is 0 Å². The van der Waals surface area contributed by atoms with Crippen LogP contribution in [-0.4, -0.2) is 29.9 Å². The third kappa shape index (κ3) is 4.52. The summed E-state index contributed by atoms with van der Waals surface area (Å²) in [7, 11) is 0. The molecule has 0 radical (unpaired) electrons. The second-order valence-electron chi connectivity index (χ2n) is 5.44. The molecule has 1 aromatic carbocycles. The lowest BCUT2D eigenvalue weighted by atomic mass is 10.2. The Hall–Kier alpha value is -1.61. The van der Waals surface area contributed by atoms with Gasteiger partial charge in [-0.05, 0) is 25.8 Å². The molecule has 19 heavy (non-hydrogen) atoms. The summed E-state index contributed by atoms with van der Waals surface area (Å²) in [5.41, 5.74) is 2.37. The van der Waals surface area contributed by atoms with E-state index in [4.69, 9.17) is 0 Å². The van der Waals surface area contributed by atoms with Crippen LogP contribution in [0.25, 0.3) is 0 Å². The third-order valence-electron chi connectivity index (χ3n) is 3.29. The molecule has 102 valence electrons. The maximum atomic E-state index is 11.7. The number of allylic oxidation sites excluding steroid dienone is 1. The van der Waals surface area contributed by atoms with Crippen LogP contribution in [0.5, 0.6) is 0 Å². The lowest BCUT2D eigenvalue weighted by Gasteiger charge is -2.16. The second kappa shape index (κ2) is 6.53. The topological polar surface area (TPSA) is 32.3 Å². The van der Waals surface area contributed by atoms with Crippen LogP contribution in [0, 0.1) is 0 Å². The first kappa shape index (κ1) is 13.8. The molecule has 1 atom stereocenters. The van der Waals surface area contributed by atoms with Crippen LogP contribution < -0.4 is 5.32 Å². The molecule has 1 aliphatic rings. The lowest BCUT2D eigenvalue weighted by Crippen LogP contribution is -2.36. The summed E-state index contributed by atoms with van der Waals surface area (Å²) >= 11 is 0. The largest absolute Gasteiger partial charge is 0.348 e. The molecule has 3 heteroatoms. The summed E-state index contributed by atoms with van der Waals surface area (Å²) in [6, 6.07) is 10.8. The molecule has 1 heterocycles. The molecule has 1 N–H and O–H groups in total. The van der Waals surface area contributed by atoms with E-state index < -0.39 is 0 Å². The van der Waals surface area contributed by atoms with Crippen LogP contribution >= 0.6 is 0 Å². The Morgan fingerprint density at radius 1 is 1.37 bits per heavy atom. The number of carbonyl (C=O) groups excluding carboxylic acids is 1. The quantitative estimate of drug-likeness (QED) is 0.841. The fourth-order valence-electron chi connectivity index (χ4n) is 2.44. The summed E-state index contributed by atoms with van der Waals surface area (Å²) in [6.45, 7) is 6.84. The Bertz CT molecular complexity index is 449. The maximum absolute atomic E-state index is 11.7. The minimum atomic E-state index is 0.0339. The standard InChI is InChI=1S/C16H22N2O/c1-13(2)10-16(19)17-15-8-9-18(12-15)11-14-6-4-3-5-7-14/h3-7,10,15H,8-9,11-12H2,1-2H3,(H,17,19)/t15-/m0/s1. The van der Waals surface area contributed by atoms with Crippen molar-refractivity contribution in [1.29, 1.82) is 0 Å². The lowest BCUT2D eigenvalue weighted by molar-refractivity contribution is -0.117. The zero-order valence-electron chi connectivity index (χ0n) is 11.7. The van der Waals surface area contributed by atoms with E-state index >= 15 is 0 Å². The van der Waals surface area contributed by atoms with E-state index in [1.54, 1.807) is 6.08 Å². The van der Waals surface area contributed by atoms with Crippen molar-refractivity contribution in [2.75, 3.05) is 13.1 Å². The van der Waals surface area contributed by atoms with Crippen LogP contribution in [0.1, 0.15) is 25.8 Å². The number of amides is 1. The highest BCUT2D eigenvalue weighted by Gasteiger charge is 2.23. The van der Waals surface area contributed by atoms with E-state index in [2.05, 4.69) is 34.5 Å². The molecule has 3 nitrogen and oxygen atoms in total. The van der Waals surface area contributed by atoms with Gasteiger partial charge in [-0.25, -0.2) is 0 Å². The average Bonchev–Trinajstić information content (AvgIpc) is 2.76. The van der Waals surface area contributed by atoms with E-state index in [1.807, 2.05) is 19.9 Å². The second-order valence-corrected chi connectivity index (χ2v) is 5.44. The summed E-state index contributed by atoms with van der Waals surface area (Å²) in [5.74, 6) is 0.0339. The highest BCUT2D eigenvalue weighted by atomic mass is 16.1. The van der Waals surface area contributed by atoms with Crippen molar-refractivity contribution in [2.45, 2.75) is 32.9 Å². The SMILES string of the molecule is CC(C)=CC(=O)N[C@H]1CCN(Cc2ccccc2)C1. The Kier molecular flexibility index (Phi) is 4.74. The van der Waals surface area contributed by atoms with E-state index in [0.717, 1.165) is 31.6 Å². The fraction of sp³-hybridized carbons (Fsp3) is 0.438. The zero-order chi connectivity index (χ0) is 13.7. The summed E-state index contributed by atoms with van der Waals surface area (Å²) in [6.07, 6.45) is 2.70. The molecule has 0 unspecified atom stereocenters. The minimum absolute atomic E-state index is 0.0339. The molecule has 0 aliphatic carbocycles. The van der Waals surface area contributed by atoms with Gasteiger partial charge in [-0.1, -0.05) is 35.9 Å². The Morgan fingerprint density at radius 2 is 2.11 bits per heavy atom. The van der Waals surface area contributed by atoms with E-state index in [1.165, 1.54) is 5.56 Å². The van der Waals surface area contributed by atoms with E-state index in [-0.39, 0.29) is 11.9 Å². The van der Waals surface area contributed by atoms with Crippen molar-refractivity contribution in [3.05, 3.63) is 47.5 Å². The van der Waals surface area contributed by atoms with Crippen molar-refractivity contribution in [3.63, 3.8) is 0 Å². The van der Waals surface area contributed by atoms with Crippen LogP contribution in [0.2, 0.25) is 0 Å². The molecule has 2 rings (SSSR count). The summed E-state index contributed by atoms with van der Waals surface area (Å²) in [4.78, 5) is 14.1. The van der Waals surface area contributed by atoms with Gasteiger partial charge in [0.2, 0.25) is 5.91 Å². The molecule has 1 amide bonds. The number of carbonyl (C=O) groups is 1. The average molecular weight is 258 g/mol. The first-order chi connectivity index (χ1) is 9.13. The van der Waals surface area contributed by atoms with Crippen molar-refractivity contribution in [2.24, 2.45) is 0 Å². The molecule has 1 aromatic rings. The highest BCUT2D eigenvalue weighted by Crippen LogP contribution is 2.13. The van der Waals surface area contributed by atoms with Gasteiger partial charge in [-0.3, -0.25) is 9.69 Å². The Balaban J connectivity index is 1.80. The fourth-order valence-corrected chi connectivity index (χ4v) is 2.44. The molecule has 1 fully saturated rings. The molecular weight excluding hydrogens is 236 g/mol. The number of likely N-dealkylation sites (tertiary alicyclic amines) is 1. The number of nitrogens with zero attached hydrogens (tertiary/aromatic N) is 1. The monoisotopic (exact) mass is 258 g/mol. The number of benzene rings is 1. The normalized spacial score (nSPS) is 19.2. The first-order valence-corrected chi connectivity index (χ1v) is 6.85. The predicted octanol–water partition coefficient (Wildman–Crippen LogP) is 2.34. The molecule has 1 saturated heterocycles. The van der Waals surface area contributed by atoms with E-state index in [0.29, 0.717) is 0 Å². The van der Waals surface area contributed by atoms with Gasteiger partial charge >= 0.3 is 0 Å². The van der Waals surface area contributed by atoms with Crippen molar-refractivity contribution in [3.8, 4) is 0 Å². The number of hydrogen-bond acceptors (Lipinski definition) is 2. The first-order valence-electron chi connectivity index (χ1n) is 6.85. The zero-order valence-corrected chi connectivity index (χ0v) is 11.7. The molecule has 1 aliphatic heterocycles. The number of rotatable bonds is 4. The molecular formula is C16H22N2O. The molecule has 0 saturated carbocycles. The van der Waals surface area contributed by atoms with Crippen LogP contribution in [0.3, 0.4) is 0 Å². The van der Waals surface area contributed by atoms with Crippen LogP contribution in [0.15, 0.2) is 42.0 Å². The summed E-state index contributed by atoms with van der Waals surface area (Å²) < 4.78 is 0. The van der Waals surface area contributed by atoms with Gasteiger partial charge in [-0.2, -0.15) is 0 Å². The third-order valence-corrected chi connectivity index (χ3v) is 3.29. The smallest absolute Gasteiger partial charge is 0.244 e. The Morgan fingerprint density at radius 3 is 2.79 bits per heavy atom. The molecule has 0 bridgehead atoms. The van der Waals surface area contributed by atoms with Crippen molar-refractivity contribution >= 4 is 5.91 Å². The number of nitrogens with one attached hydrogen (secondary N) is 1. The Labute approximate surface area is 115 Å². The minimum Gasteiger partial charge on any atom is -0.348 e. The van der Waals surface area contributed by atoms with Crippen LogP contribution in [0.4, 0.5) is 0 Å². The van der Waals surface area contributed by atoms with Crippen molar-refractivity contribution < 1.29 is 4.79 Å². The van der Waals surface area contributed by atoms with Gasteiger partial charge < -0.3 is 5.32 Å². The van der Waals surface area contributed by atoms with Gasteiger partial charge in [-0.15, -0.1) is 0 Å². The van der Waals surface area contributed by atoms with Gasteiger partial charge in [0.25, 0.3) is 0 Å².